The standard InChI is InChI=1S/C16H22N2O3S/c1-11-6-12(2)8-13(7-11)16(19)18-5-4-17(3)14-9-22(20,21)10-15(14)18/h6-8,14-15H,4-5,9-10H2,1-3H3/t14-,15+/m1/s1. The molecule has 1 aromatic rings. The number of carbonyl (C=O) groups is 1. The molecular formula is C16H22N2O3S. The van der Waals surface area contributed by atoms with Gasteiger partial charge in [0, 0.05) is 24.7 Å². The third-order valence-electron chi connectivity index (χ3n) is 4.68. The van der Waals surface area contributed by atoms with Gasteiger partial charge in [0.05, 0.1) is 17.5 Å². The summed E-state index contributed by atoms with van der Waals surface area (Å²) in [5.41, 5.74) is 2.76. The number of rotatable bonds is 1. The molecule has 0 radical (unpaired) electrons. The molecule has 5 nitrogen and oxygen atoms in total. The average Bonchev–Trinajstić information content (AvgIpc) is 2.73. The van der Waals surface area contributed by atoms with Gasteiger partial charge in [-0.05, 0) is 33.0 Å². The minimum absolute atomic E-state index is 0.0491. The van der Waals surface area contributed by atoms with Crippen LogP contribution < -0.4 is 0 Å². The normalized spacial score (nSPS) is 27.7. The number of benzene rings is 1. The van der Waals surface area contributed by atoms with E-state index in [0.29, 0.717) is 18.7 Å². The van der Waals surface area contributed by atoms with Crippen LogP contribution in [0.1, 0.15) is 21.5 Å². The number of nitrogens with zero attached hydrogens (tertiary/aromatic N) is 2. The van der Waals surface area contributed by atoms with Gasteiger partial charge in [-0.15, -0.1) is 0 Å². The Labute approximate surface area is 131 Å². The Kier molecular flexibility index (Phi) is 3.77. The highest BCUT2D eigenvalue weighted by atomic mass is 32.2. The Balaban J connectivity index is 1.92. The lowest BCUT2D eigenvalue weighted by Crippen LogP contribution is -2.59. The maximum atomic E-state index is 12.9. The van der Waals surface area contributed by atoms with Crippen LogP contribution in [0.3, 0.4) is 0 Å². The van der Waals surface area contributed by atoms with Gasteiger partial charge in [0.1, 0.15) is 0 Å². The van der Waals surface area contributed by atoms with Crippen molar-refractivity contribution in [3.05, 3.63) is 34.9 Å². The molecule has 0 aromatic heterocycles. The number of hydrogen-bond donors (Lipinski definition) is 0. The summed E-state index contributed by atoms with van der Waals surface area (Å²) in [7, 11) is -1.12. The van der Waals surface area contributed by atoms with Crippen molar-refractivity contribution in [2.45, 2.75) is 25.9 Å². The molecule has 6 heteroatoms. The predicted octanol–water partition coefficient (Wildman–Crippen LogP) is 0.857. The second-order valence-corrected chi connectivity index (χ2v) is 8.72. The highest BCUT2D eigenvalue weighted by Crippen LogP contribution is 2.27. The van der Waals surface area contributed by atoms with Crippen LogP contribution in [0.5, 0.6) is 0 Å². The van der Waals surface area contributed by atoms with Crippen LogP contribution in [0, 0.1) is 13.8 Å². The molecule has 2 aliphatic heterocycles. The molecule has 0 bridgehead atoms. The van der Waals surface area contributed by atoms with Gasteiger partial charge < -0.3 is 4.90 Å². The van der Waals surface area contributed by atoms with Crippen LogP contribution in [-0.4, -0.2) is 67.9 Å². The van der Waals surface area contributed by atoms with Crippen LogP contribution in [0.2, 0.25) is 0 Å². The van der Waals surface area contributed by atoms with E-state index in [0.717, 1.165) is 11.1 Å². The molecule has 1 amide bonds. The second-order valence-electron chi connectivity index (χ2n) is 6.57. The number of likely N-dealkylation sites (N-methyl/N-ethyl adjacent to an activating group) is 1. The molecule has 120 valence electrons. The average molecular weight is 322 g/mol. The SMILES string of the molecule is Cc1cc(C)cc(C(=O)N2CCN(C)[C@@H]3CS(=O)(=O)C[C@@H]32)c1. The maximum Gasteiger partial charge on any atom is 0.254 e. The zero-order chi connectivity index (χ0) is 16.1. The molecule has 0 spiro atoms. The van der Waals surface area contributed by atoms with E-state index >= 15 is 0 Å². The lowest BCUT2D eigenvalue weighted by Gasteiger charge is -2.42. The molecule has 2 saturated heterocycles. The molecule has 0 aliphatic carbocycles. The van der Waals surface area contributed by atoms with E-state index < -0.39 is 9.84 Å². The first-order valence-corrected chi connectivity index (χ1v) is 9.39. The van der Waals surface area contributed by atoms with Crippen LogP contribution in [0.4, 0.5) is 0 Å². The van der Waals surface area contributed by atoms with Crippen molar-refractivity contribution in [1.82, 2.24) is 9.80 Å². The van der Waals surface area contributed by atoms with Crippen LogP contribution in [-0.2, 0) is 9.84 Å². The van der Waals surface area contributed by atoms with Crippen molar-refractivity contribution in [2.24, 2.45) is 0 Å². The molecule has 2 fully saturated rings. The van der Waals surface area contributed by atoms with Gasteiger partial charge in [-0.25, -0.2) is 8.42 Å². The molecule has 2 atom stereocenters. The minimum Gasteiger partial charge on any atom is -0.332 e. The Morgan fingerprint density at radius 3 is 2.27 bits per heavy atom. The number of piperazine rings is 1. The number of carbonyl (C=O) groups excluding carboxylic acids is 1. The second kappa shape index (κ2) is 5.35. The summed E-state index contributed by atoms with van der Waals surface area (Å²) in [6, 6.07) is 5.49. The van der Waals surface area contributed by atoms with Crippen molar-refractivity contribution >= 4 is 15.7 Å². The lowest BCUT2D eigenvalue weighted by atomic mass is 10.0. The molecule has 0 saturated carbocycles. The minimum atomic E-state index is -3.06. The summed E-state index contributed by atoms with van der Waals surface area (Å²) >= 11 is 0. The summed E-state index contributed by atoms with van der Waals surface area (Å²) in [4.78, 5) is 16.7. The fraction of sp³-hybridized carbons (Fsp3) is 0.562. The maximum absolute atomic E-state index is 12.9. The van der Waals surface area contributed by atoms with Gasteiger partial charge in [-0.1, -0.05) is 17.2 Å². The highest BCUT2D eigenvalue weighted by molar-refractivity contribution is 7.91. The zero-order valence-electron chi connectivity index (χ0n) is 13.2. The van der Waals surface area contributed by atoms with Crippen LogP contribution in [0.15, 0.2) is 18.2 Å². The summed E-state index contributed by atoms with van der Waals surface area (Å²) in [6.45, 7) is 5.24. The van der Waals surface area contributed by atoms with Gasteiger partial charge in [0.25, 0.3) is 5.91 Å². The topological polar surface area (TPSA) is 57.7 Å². The molecule has 3 rings (SSSR count). The number of sulfone groups is 1. The lowest BCUT2D eigenvalue weighted by molar-refractivity contribution is 0.0410. The first-order valence-electron chi connectivity index (χ1n) is 7.57. The Morgan fingerprint density at radius 1 is 1.05 bits per heavy atom. The van der Waals surface area contributed by atoms with Gasteiger partial charge in [0.2, 0.25) is 0 Å². The van der Waals surface area contributed by atoms with Crippen molar-refractivity contribution < 1.29 is 13.2 Å². The number of hydrogen-bond acceptors (Lipinski definition) is 4. The molecular weight excluding hydrogens is 300 g/mol. The number of aryl methyl sites for hydroxylation is 2. The van der Waals surface area contributed by atoms with Crippen LogP contribution in [0.25, 0.3) is 0 Å². The fourth-order valence-corrected chi connectivity index (χ4v) is 5.70. The monoisotopic (exact) mass is 322 g/mol. The Hall–Kier alpha value is -1.40. The van der Waals surface area contributed by atoms with Crippen molar-refractivity contribution in [1.29, 1.82) is 0 Å². The third kappa shape index (κ3) is 2.77. The summed E-state index contributed by atoms with van der Waals surface area (Å²) < 4.78 is 24.0. The first-order chi connectivity index (χ1) is 10.3. The molecule has 2 aliphatic rings. The van der Waals surface area contributed by atoms with E-state index in [1.807, 2.05) is 39.1 Å². The van der Waals surface area contributed by atoms with E-state index in [-0.39, 0.29) is 29.5 Å². The Bertz CT molecular complexity index is 694. The van der Waals surface area contributed by atoms with E-state index in [1.54, 1.807) is 4.90 Å². The molecule has 2 heterocycles. The van der Waals surface area contributed by atoms with E-state index in [2.05, 4.69) is 4.90 Å². The first kappa shape index (κ1) is 15.5. The summed E-state index contributed by atoms with van der Waals surface area (Å²) in [6.07, 6.45) is 0. The van der Waals surface area contributed by atoms with Crippen molar-refractivity contribution in [3.63, 3.8) is 0 Å². The Morgan fingerprint density at radius 2 is 1.64 bits per heavy atom. The molecule has 1 aromatic carbocycles. The molecule has 22 heavy (non-hydrogen) atoms. The van der Waals surface area contributed by atoms with Crippen molar-refractivity contribution in [2.75, 3.05) is 31.6 Å². The fourth-order valence-electron chi connectivity index (χ4n) is 3.64. The predicted molar refractivity (Wildman–Crippen MR) is 85.8 cm³/mol. The highest BCUT2D eigenvalue weighted by Gasteiger charge is 2.47. The third-order valence-corrected chi connectivity index (χ3v) is 6.38. The smallest absolute Gasteiger partial charge is 0.254 e. The summed E-state index contributed by atoms with van der Waals surface area (Å²) in [5.74, 6) is 0.190. The van der Waals surface area contributed by atoms with E-state index in [4.69, 9.17) is 0 Å². The van der Waals surface area contributed by atoms with E-state index in [9.17, 15) is 13.2 Å². The van der Waals surface area contributed by atoms with Gasteiger partial charge >= 0.3 is 0 Å². The number of amides is 1. The largest absolute Gasteiger partial charge is 0.332 e. The number of fused-ring (bicyclic) bond motifs is 1. The quantitative estimate of drug-likeness (QED) is 0.769. The molecule has 0 unspecified atom stereocenters. The zero-order valence-corrected chi connectivity index (χ0v) is 14.1. The van der Waals surface area contributed by atoms with Gasteiger partial charge in [-0.2, -0.15) is 0 Å². The van der Waals surface area contributed by atoms with Gasteiger partial charge in [0.15, 0.2) is 9.84 Å². The van der Waals surface area contributed by atoms with Gasteiger partial charge in [-0.3, -0.25) is 9.69 Å². The van der Waals surface area contributed by atoms with Crippen LogP contribution >= 0.6 is 0 Å². The van der Waals surface area contributed by atoms with Crippen molar-refractivity contribution in [3.8, 4) is 0 Å². The van der Waals surface area contributed by atoms with E-state index in [1.165, 1.54) is 0 Å². The summed E-state index contributed by atoms with van der Waals surface area (Å²) in [5, 5.41) is 0. The molecule has 0 N–H and O–H groups in total.